The molecule has 0 amide bonds. The Hall–Kier alpha value is -0.970. The lowest BCUT2D eigenvalue weighted by Crippen LogP contribution is -2.27. The van der Waals surface area contributed by atoms with Gasteiger partial charge in [0, 0.05) is 13.7 Å². The first-order valence-electron chi connectivity index (χ1n) is 6.61. The van der Waals surface area contributed by atoms with Gasteiger partial charge in [-0.05, 0) is 37.8 Å². The van der Waals surface area contributed by atoms with Crippen LogP contribution in [-0.4, -0.2) is 24.3 Å². The van der Waals surface area contributed by atoms with E-state index in [1.165, 1.54) is 6.42 Å². The maximum Gasteiger partial charge on any atom is 0.0891 e. The first-order valence-corrected chi connectivity index (χ1v) is 6.61. The lowest BCUT2D eigenvalue weighted by atomic mass is 9.95. The van der Waals surface area contributed by atoms with Gasteiger partial charge in [-0.3, -0.25) is 4.98 Å². The van der Waals surface area contributed by atoms with E-state index in [0.717, 1.165) is 30.7 Å². The third-order valence-corrected chi connectivity index (χ3v) is 3.45. The van der Waals surface area contributed by atoms with Crippen LogP contribution in [0.4, 0.5) is 0 Å². The van der Waals surface area contributed by atoms with Crippen LogP contribution in [0.25, 0.3) is 0 Å². The van der Waals surface area contributed by atoms with E-state index >= 15 is 0 Å². The summed E-state index contributed by atoms with van der Waals surface area (Å²) in [4.78, 5) is 4.43. The molecule has 100 valence electrons. The molecule has 2 N–H and O–H groups in total. The predicted molar refractivity (Wildman–Crippen MR) is 70.0 cm³/mol. The topological polar surface area (TPSA) is 57.4 Å². The summed E-state index contributed by atoms with van der Waals surface area (Å²) in [6, 6.07) is 5.90. The number of ether oxygens (including phenoxy) is 2. The van der Waals surface area contributed by atoms with E-state index in [0.29, 0.717) is 25.4 Å². The molecule has 4 heteroatoms. The zero-order valence-corrected chi connectivity index (χ0v) is 11.0. The summed E-state index contributed by atoms with van der Waals surface area (Å²) in [6.07, 6.45) is 5.10. The van der Waals surface area contributed by atoms with Crippen molar-refractivity contribution in [3.63, 3.8) is 0 Å². The highest BCUT2D eigenvalue weighted by molar-refractivity contribution is 5.10. The van der Waals surface area contributed by atoms with Crippen LogP contribution < -0.4 is 5.73 Å². The van der Waals surface area contributed by atoms with E-state index in [9.17, 15) is 0 Å². The Labute approximate surface area is 108 Å². The Morgan fingerprint density at radius 3 is 2.83 bits per heavy atom. The number of hydrogen-bond donors (Lipinski definition) is 1. The molecule has 0 radical (unpaired) electrons. The number of nitrogens with zero attached hydrogens (tertiary/aromatic N) is 1. The van der Waals surface area contributed by atoms with Crippen LogP contribution in [0, 0.1) is 0 Å². The summed E-state index contributed by atoms with van der Waals surface area (Å²) >= 11 is 0. The van der Waals surface area contributed by atoms with Crippen LogP contribution in [-0.2, 0) is 22.6 Å². The van der Waals surface area contributed by atoms with Gasteiger partial charge >= 0.3 is 0 Å². The van der Waals surface area contributed by atoms with Crippen molar-refractivity contribution >= 4 is 0 Å². The molecule has 1 aromatic rings. The molecule has 1 heterocycles. The number of hydrogen-bond acceptors (Lipinski definition) is 4. The van der Waals surface area contributed by atoms with Crippen LogP contribution in [0.1, 0.15) is 37.1 Å². The highest BCUT2D eigenvalue weighted by Crippen LogP contribution is 2.23. The minimum Gasteiger partial charge on any atom is -0.381 e. The highest BCUT2D eigenvalue weighted by Gasteiger charge is 2.22. The van der Waals surface area contributed by atoms with Crippen molar-refractivity contribution in [1.29, 1.82) is 0 Å². The van der Waals surface area contributed by atoms with E-state index in [-0.39, 0.29) is 0 Å². The molecule has 4 nitrogen and oxygen atoms in total. The lowest BCUT2D eigenvalue weighted by molar-refractivity contribution is -0.0372. The molecule has 1 aliphatic carbocycles. The van der Waals surface area contributed by atoms with Crippen molar-refractivity contribution in [2.75, 3.05) is 7.11 Å². The van der Waals surface area contributed by atoms with Crippen molar-refractivity contribution in [2.45, 2.75) is 51.0 Å². The third-order valence-electron chi connectivity index (χ3n) is 3.45. The highest BCUT2D eigenvalue weighted by atomic mass is 16.5. The van der Waals surface area contributed by atoms with Crippen molar-refractivity contribution in [2.24, 2.45) is 5.73 Å². The van der Waals surface area contributed by atoms with Gasteiger partial charge in [0.25, 0.3) is 0 Å². The van der Waals surface area contributed by atoms with Gasteiger partial charge in [0.05, 0.1) is 30.2 Å². The van der Waals surface area contributed by atoms with Crippen LogP contribution >= 0.6 is 0 Å². The largest absolute Gasteiger partial charge is 0.381 e. The SMILES string of the molecule is COC1CCCC(OCc2cccc(CN)n2)C1. The van der Waals surface area contributed by atoms with Crippen molar-refractivity contribution in [1.82, 2.24) is 4.98 Å². The zero-order valence-electron chi connectivity index (χ0n) is 11.0. The third kappa shape index (κ3) is 3.77. The molecule has 1 aliphatic rings. The second-order valence-electron chi connectivity index (χ2n) is 4.78. The minimum atomic E-state index is 0.298. The first kappa shape index (κ1) is 13.5. The van der Waals surface area contributed by atoms with Gasteiger partial charge in [-0.15, -0.1) is 0 Å². The molecule has 2 atom stereocenters. The fraction of sp³-hybridized carbons (Fsp3) is 0.643. The molecule has 0 aliphatic heterocycles. The van der Waals surface area contributed by atoms with E-state index < -0.39 is 0 Å². The maximum absolute atomic E-state index is 5.92. The molecule has 2 rings (SSSR count). The summed E-state index contributed by atoms with van der Waals surface area (Å²) in [6.45, 7) is 1.04. The van der Waals surface area contributed by atoms with Gasteiger partial charge in [-0.1, -0.05) is 6.07 Å². The second-order valence-corrected chi connectivity index (χ2v) is 4.78. The van der Waals surface area contributed by atoms with Crippen molar-refractivity contribution in [3.05, 3.63) is 29.6 Å². The van der Waals surface area contributed by atoms with Crippen LogP contribution in [0.5, 0.6) is 0 Å². The second kappa shape index (κ2) is 6.83. The normalized spacial score (nSPS) is 24.1. The van der Waals surface area contributed by atoms with Crippen LogP contribution in [0.15, 0.2) is 18.2 Å². The summed E-state index contributed by atoms with van der Waals surface area (Å²) in [5, 5.41) is 0. The van der Waals surface area contributed by atoms with Gasteiger partial charge < -0.3 is 15.2 Å². The van der Waals surface area contributed by atoms with Gasteiger partial charge in [0.2, 0.25) is 0 Å². The number of nitrogens with two attached hydrogens (primary N) is 1. The Bertz CT molecular complexity index is 371. The fourth-order valence-corrected chi connectivity index (χ4v) is 2.39. The molecule has 0 aromatic carbocycles. The molecule has 2 unspecified atom stereocenters. The van der Waals surface area contributed by atoms with E-state index in [1.807, 2.05) is 18.2 Å². The molecular formula is C14H22N2O2. The van der Waals surface area contributed by atoms with Crippen molar-refractivity contribution < 1.29 is 9.47 Å². The Balaban J connectivity index is 1.83. The Morgan fingerprint density at radius 2 is 2.06 bits per heavy atom. The fourth-order valence-electron chi connectivity index (χ4n) is 2.39. The van der Waals surface area contributed by atoms with Gasteiger partial charge in [-0.25, -0.2) is 0 Å². The molecule has 0 spiro atoms. The number of rotatable bonds is 5. The van der Waals surface area contributed by atoms with Gasteiger partial charge in [0.15, 0.2) is 0 Å². The van der Waals surface area contributed by atoms with Crippen LogP contribution in [0.2, 0.25) is 0 Å². The first-order chi connectivity index (χ1) is 8.81. The number of methoxy groups -OCH3 is 1. The monoisotopic (exact) mass is 250 g/mol. The number of pyridine rings is 1. The summed E-state index contributed by atoms with van der Waals surface area (Å²) < 4.78 is 11.3. The molecule has 1 aromatic heterocycles. The smallest absolute Gasteiger partial charge is 0.0891 e. The van der Waals surface area contributed by atoms with Crippen molar-refractivity contribution in [3.8, 4) is 0 Å². The standard InChI is InChI=1S/C14H22N2O2/c1-17-13-6-3-7-14(8-13)18-10-12-5-2-4-11(9-15)16-12/h2,4-5,13-14H,3,6-10,15H2,1H3. The van der Waals surface area contributed by atoms with Gasteiger partial charge in [0.1, 0.15) is 0 Å². The summed E-state index contributed by atoms with van der Waals surface area (Å²) in [7, 11) is 1.78. The van der Waals surface area contributed by atoms with Gasteiger partial charge in [-0.2, -0.15) is 0 Å². The van der Waals surface area contributed by atoms with Crippen LogP contribution in [0.3, 0.4) is 0 Å². The zero-order chi connectivity index (χ0) is 12.8. The predicted octanol–water partition coefficient (Wildman–Crippen LogP) is 2.01. The quantitative estimate of drug-likeness (QED) is 0.868. The summed E-state index contributed by atoms with van der Waals surface area (Å²) in [5.74, 6) is 0. The number of aromatic nitrogens is 1. The minimum absolute atomic E-state index is 0.298. The molecule has 1 fully saturated rings. The Morgan fingerprint density at radius 1 is 1.28 bits per heavy atom. The molecule has 1 saturated carbocycles. The van der Waals surface area contributed by atoms with E-state index in [4.69, 9.17) is 15.2 Å². The molecule has 0 saturated heterocycles. The maximum atomic E-state index is 5.92. The Kier molecular flexibility index (Phi) is 5.11. The molecular weight excluding hydrogens is 228 g/mol. The van der Waals surface area contributed by atoms with E-state index in [2.05, 4.69) is 4.98 Å². The van der Waals surface area contributed by atoms with E-state index in [1.54, 1.807) is 7.11 Å². The lowest BCUT2D eigenvalue weighted by Gasteiger charge is -2.28. The average molecular weight is 250 g/mol. The summed E-state index contributed by atoms with van der Waals surface area (Å²) in [5.41, 5.74) is 7.44. The molecule has 0 bridgehead atoms. The molecule has 18 heavy (non-hydrogen) atoms. The average Bonchev–Trinajstić information content (AvgIpc) is 2.45.